The zero-order valence-electron chi connectivity index (χ0n) is 14.2. The minimum atomic E-state index is -0.269. The summed E-state index contributed by atoms with van der Waals surface area (Å²) >= 11 is 1.47. The highest BCUT2D eigenvalue weighted by molar-refractivity contribution is 7.99. The van der Waals surface area contributed by atoms with Gasteiger partial charge in [-0.2, -0.15) is 5.26 Å². The molecule has 24 heavy (non-hydrogen) atoms. The zero-order chi connectivity index (χ0) is 17.2. The second-order valence-electron chi connectivity index (χ2n) is 6.64. The number of fused-ring (bicyclic) bond motifs is 1. The molecule has 0 radical (unpaired) electrons. The van der Waals surface area contributed by atoms with Crippen molar-refractivity contribution in [1.29, 1.82) is 5.26 Å². The van der Waals surface area contributed by atoms with Crippen LogP contribution in [-0.2, 0) is 17.8 Å². The van der Waals surface area contributed by atoms with Crippen LogP contribution in [0.2, 0.25) is 0 Å². The van der Waals surface area contributed by atoms with Crippen molar-refractivity contribution >= 4 is 17.6 Å². The molecule has 5 nitrogen and oxygen atoms in total. The molecule has 1 saturated heterocycles. The van der Waals surface area contributed by atoms with E-state index in [1.807, 2.05) is 0 Å². The van der Waals surface area contributed by atoms with Gasteiger partial charge in [-0.1, -0.05) is 17.7 Å². The molecule has 126 valence electrons. The first-order chi connectivity index (χ1) is 11.6. The number of anilines is 1. The lowest BCUT2D eigenvalue weighted by Gasteiger charge is -2.37. The third-order valence-electron chi connectivity index (χ3n) is 4.39. The van der Waals surface area contributed by atoms with Crippen molar-refractivity contribution in [3.8, 4) is 18.4 Å². The summed E-state index contributed by atoms with van der Waals surface area (Å²) in [7, 11) is 0. The highest BCUT2D eigenvalue weighted by atomic mass is 32.2. The Morgan fingerprint density at radius 1 is 1.38 bits per heavy atom. The number of nitrogens with one attached hydrogen (secondary N) is 1. The lowest BCUT2D eigenvalue weighted by Crippen LogP contribution is -2.45. The standard InChI is InChI=1S/C18H22N4OS/c1-4-9-24-17-14(11-19)13-10-18(2,3)23-12-15(13)16(21-17)22-7-5-20-6-8-22/h1,20H,5-10,12H2,2-3H3. The number of nitriles is 1. The van der Waals surface area contributed by atoms with Crippen molar-refractivity contribution < 1.29 is 4.74 Å². The number of hydrogen-bond acceptors (Lipinski definition) is 6. The van der Waals surface area contributed by atoms with Gasteiger partial charge >= 0.3 is 0 Å². The van der Waals surface area contributed by atoms with Gasteiger partial charge in [0.1, 0.15) is 16.9 Å². The summed E-state index contributed by atoms with van der Waals surface area (Å²) in [6.45, 7) is 8.34. The third-order valence-corrected chi connectivity index (χ3v) is 5.27. The molecule has 2 aliphatic rings. The molecule has 3 heterocycles. The van der Waals surface area contributed by atoms with E-state index >= 15 is 0 Å². The number of thioether (sulfide) groups is 1. The van der Waals surface area contributed by atoms with Gasteiger partial charge in [0.15, 0.2) is 0 Å². The first kappa shape index (κ1) is 17.1. The maximum atomic E-state index is 9.73. The van der Waals surface area contributed by atoms with Crippen molar-refractivity contribution in [3.63, 3.8) is 0 Å². The SMILES string of the molecule is C#CCSc1nc(N2CCNCC2)c2c(c1C#N)CC(C)(C)OC2. The minimum absolute atomic E-state index is 0.269. The van der Waals surface area contributed by atoms with Crippen LogP contribution in [-0.4, -0.2) is 42.5 Å². The Morgan fingerprint density at radius 2 is 2.12 bits per heavy atom. The van der Waals surface area contributed by atoms with Crippen molar-refractivity contribution in [1.82, 2.24) is 10.3 Å². The largest absolute Gasteiger partial charge is 0.370 e. The number of nitrogens with zero attached hydrogens (tertiary/aromatic N) is 3. The zero-order valence-corrected chi connectivity index (χ0v) is 15.0. The smallest absolute Gasteiger partial charge is 0.135 e. The monoisotopic (exact) mass is 342 g/mol. The predicted molar refractivity (Wildman–Crippen MR) is 96.2 cm³/mol. The van der Waals surface area contributed by atoms with E-state index in [0.717, 1.165) is 54.6 Å². The van der Waals surface area contributed by atoms with E-state index in [9.17, 15) is 5.26 Å². The lowest BCUT2D eigenvalue weighted by molar-refractivity contribution is -0.0402. The quantitative estimate of drug-likeness (QED) is 0.669. The van der Waals surface area contributed by atoms with Gasteiger partial charge in [0.2, 0.25) is 0 Å². The molecule has 0 saturated carbocycles. The van der Waals surface area contributed by atoms with Crippen LogP contribution in [0.3, 0.4) is 0 Å². The molecule has 0 atom stereocenters. The van der Waals surface area contributed by atoms with Crippen LogP contribution in [0.1, 0.15) is 30.5 Å². The number of rotatable bonds is 3. The summed E-state index contributed by atoms with van der Waals surface area (Å²) in [5.41, 5.74) is 2.55. The highest BCUT2D eigenvalue weighted by Gasteiger charge is 2.33. The third kappa shape index (κ3) is 3.37. The van der Waals surface area contributed by atoms with Crippen LogP contribution in [0.15, 0.2) is 5.03 Å². The van der Waals surface area contributed by atoms with Crippen molar-refractivity contribution in [2.24, 2.45) is 0 Å². The van der Waals surface area contributed by atoms with Gasteiger partial charge < -0.3 is 15.0 Å². The van der Waals surface area contributed by atoms with Gasteiger partial charge in [-0.15, -0.1) is 6.42 Å². The second-order valence-corrected chi connectivity index (χ2v) is 7.60. The average Bonchev–Trinajstić information content (AvgIpc) is 2.58. The molecular formula is C18H22N4OS. The fourth-order valence-electron chi connectivity index (χ4n) is 3.19. The summed E-state index contributed by atoms with van der Waals surface area (Å²) in [5, 5.41) is 13.8. The molecule has 2 aliphatic heterocycles. The normalized spacial score (nSPS) is 19.2. The Balaban J connectivity index is 2.11. The van der Waals surface area contributed by atoms with E-state index < -0.39 is 0 Å². The molecule has 0 spiro atoms. The van der Waals surface area contributed by atoms with Crippen molar-refractivity contribution in [3.05, 3.63) is 16.7 Å². The van der Waals surface area contributed by atoms with Gasteiger partial charge in [-0.25, -0.2) is 4.98 Å². The average molecular weight is 342 g/mol. The Hall–Kier alpha value is -1.73. The first-order valence-corrected chi connectivity index (χ1v) is 9.16. The number of terminal acetylenes is 1. The maximum Gasteiger partial charge on any atom is 0.135 e. The van der Waals surface area contributed by atoms with Crippen LogP contribution in [0, 0.1) is 23.7 Å². The molecule has 0 bridgehead atoms. The predicted octanol–water partition coefficient (Wildman–Crippen LogP) is 1.94. The number of hydrogen-bond donors (Lipinski definition) is 1. The topological polar surface area (TPSA) is 61.2 Å². The molecule has 0 amide bonds. The highest BCUT2D eigenvalue weighted by Crippen LogP contribution is 2.38. The summed E-state index contributed by atoms with van der Waals surface area (Å²) in [5.74, 6) is 4.10. The van der Waals surface area contributed by atoms with Gasteiger partial charge in [-0.05, 0) is 19.4 Å². The van der Waals surface area contributed by atoms with Crippen LogP contribution in [0.4, 0.5) is 5.82 Å². The molecule has 0 aromatic carbocycles. The number of ether oxygens (including phenoxy) is 1. The summed E-state index contributed by atoms with van der Waals surface area (Å²) in [6.07, 6.45) is 6.13. The van der Waals surface area contributed by atoms with Gasteiger partial charge in [0.05, 0.1) is 23.5 Å². The molecule has 1 aromatic rings. The molecular weight excluding hydrogens is 320 g/mol. The van der Waals surface area contributed by atoms with Crippen LogP contribution >= 0.6 is 11.8 Å². The van der Waals surface area contributed by atoms with Crippen molar-refractivity contribution in [2.45, 2.75) is 37.5 Å². The molecule has 3 rings (SSSR count). The van der Waals surface area contributed by atoms with Gasteiger partial charge in [0, 0.05) is 38.2 Å². The second kappa shape index (κ2) is 7.03. The summed E-state index contributed by atoms with van der Waals surface area (Å²) < 4.78 is 6.01. The summed E-state index contributed by atoms with van der Waals surface area (Å²) in [4.78, 5) is 7.12. The van der Waals surface area contributed by atoms with Gasteiger partial charge in [0.25, 0.3) is 0 Å². The Kier molecular flexibility index (Phi) is 5.01. The van der Waals surface area contributed by atoms with Crippen LogP contribution in [0.25, 0.3) is 0 Å². The first-order valence-electron chi connectivity index (χ1n) is 8.17. The van der Waals surface area contributed by atoms with E-state index in [-0.39, 0.29) is 5.60 Å². The number of pyridine rings is 1. The molecule has 6 heteroatoms. The maximum absolute atomic E-state index is 9.73. The lowest BCUT2D eigenvalue weighted by atomic mass is 9.89. The molecule has 1 fully saturated rings. The van der Waals surface area contributed by atoms with Crippen LogP contribution < -0.4 is 10.2 Å². The molecule has 1 aromatic heterocycles. The van der Waals surface area contributed by atoms with E-state index in [4.69, 9.17) is 16.1 Å². The fraction of sp³-hybridized carbons (Fsp3) is 0.556. The Morgan fingerprint density at radius 3 is 2.79 bits per heavy atom. The molecule has 0 aliphatic carbocycles. The molecule has 1 N–H and O–H groups in total. The van der Waals surface area contributed by atoms with E-state index in [1.165, 1.54) is 11.8 Å². The van der Waals surface area contributed by atoms with Gasteiger partial charge in [-0.3, -0.25) is 0 Å². The van der Waals surface area contributed by atoms with E-state index in [2.05, 4.69) is 36.1 Å². The van der Waals surface area contributed by atoms with E-state index in [1.54, 1.807) is 0 Å². The Labute approximate surface area is 147 Å². The minimum Gasteiger partial charge on any atom is -0.370 e. The van der Waals surface area contributed by atoms with Crippen LogP contribution in [0.5, 0.6) is 0 Å². The summed E-state index contributed by atoms with van der Waals surface area (Å²) in [6, 6.07) is 2.36. The number of aromatic nitrogens is 1. The van der Waals surface area contributed by atoms with E-state index in [0.29, 0.717) is 17.9 Å². The fourth-order valence-corrected chi connectivity index (χ4v) is 3.88. The van der Waals surface area contributed by atoms with Crippen molar-refractivity contribution in [2.75, 3.05) is 36.8 Å². The Bertz CT molecular complexity index is 711. The molecule has 0 unspecified atom stereocenters. The number of piperazine rings is 1.